The highest BCUT2D eigenvalue weighted by atomic mass is 79.9. The van der Waals surface area contributed by atoms with Crippen molar-refractivity contribution in [1.29, 1.82) is 0 Å². The molecule has 2 aromatic carbocycles. The van der Waals surface area contributed by atoms with E-state index in [9.17, 15) is 9.90 Å². The van der Waals surface area contributed by atoms with Gasteiger partial charge in [0.25, 0.3) is 5.91 Å². The topological polar surface area (TPSA) is 49.7 Å². The zero-order chi connectivity index (χ0) is 14.6. The van der Waals surface area contributed by atoms with Crippen molar-refractivity contribution in [3.05, 3.63) is 62.4 Å². The highest BCUT2D eigenvalue weighted by Gasteiger charge is 2.24. The Balaban J connectivity index is 2.11. The zero-order valence-corrected chi connectivity index (χ0v) is 13.0. The van der Waals surface area contributed by atoms with Gasteiger partial charge >= 0.3 is 0 Å². The van der Waals surface area contributed by atoms with E-state index in [1.165, 1.54) is 11.3 Å². The van der Waals surface area contributed by atoms with Gasteiger partial charge in [-0.05, 0) is 24.3 Å². The molecule has 21 heavy (non-hydrogen) atoms. The molecule has 102 valence electrons. The number of fused-ring (bicyclic) bond motifs is 2. The predicted octanol–water partition coefficient (Wildman–Crippen LogP) is 2.73. The van der Waals surface area contributed by atoms with Crippen molar-refractivity contribution in [2.75, 3.05) is 0 Å². The Morgan fingerprint density at radius 1 is 1.14 bits per heavy atom. The maximum Gasteiger partial charge on any atom is 0.279 e. The predicted molar refractivity (Wildman–Crippen MR) is 85.9 cm³/mol. The van der Waals surface area contributed by atoms with E-state index < -0.39 is 0 Å². The first-order valence-electron chi connectivity index (χ1n) is 6.29. The lowest BCUT2D eigenvalue weighted by atomic mass is 10.1. The monoisotopic (exact) mass is 357 g/mol. The van der Waals surface area contributed by atoms with Gasteiger partial charge in [-0.2, -0.15) is 0 Å². The first-order valence-corrected chi connectivity index (χ1v) is 7.90. The smallest absolute Gasteiger partial charge is 0.279 e. The lowest BCUT2D eigenvalue weighted by Gasteiger charge is -1.97. The van der Waals surface area contributed by atoms with E-state index in [0.29, 0.717) is 15.8 Å². The molecule has 0 spiro atoms. The number of aromatic hydroxyl groups is 1. The molecule has 1 aliphatic heterocycles. The summed E-state index contributed by atoms with van der Waals surface area (Å²) in [7, 11) is 0. The number of hydrogen-bond donors (Lipinski definition) is 1. The molecule has 0 fully saturated rings. The second kappa shape index (κ2) is 4.51. The Labute approximate surface area is 132 Å². The Morgan fingerprint density at radius 3 is 2.81 bits per heavy atom. The Hall–Kier alpha value is -1.98. The van der Waals surface area contributed by atoms with Gasteiger partial charge in [0.2, 0.25) is 0 Å². The van der Waals surface area contributed by atoms with Crippen molar-refractivity contribution in [2.24, 2.45) is 4.99 Å². The number of hydrogen-bond acceptors (Lipinski definition) is 3. The van der Waals surface area contributed by atoms with Crippen LogP contribution >= 0.6 is 27.3 Å². The maximum absolute atomic E-state index is 12.2. The zero-order valence-electron chi connectivity index (χ0n) is 10.6. The van der Waals surface area contributed by atoms with Crippen LogP contribution in [0.4, 0.5) is 0 Å². The summed E-state index contributed by atoms with van der Waals surface area (Å²) < 4.78 is 1.83. The van der Waals surface area contributed by atoms with Gasteiger partial charge in [0.05, 0.1) is 15.8 Å². The van der Waals surface area contributed by atoms with Crippen LogP contribution in [0, 0.1) is 0 Å². The maximum atomic E-state index is 12.2. The van der Waals surface area contributed by atoms with Crippen molar-refractivity contribution in [3.8, 4) is 5.75 Å². The highest BCUT2D eigenvalue weighted by molar-refractivity contribution is 9.10. The fraction of sp³-hybridized carbons (Fsp3) is 0. The van der Waals surface area contributed by atoms with E-state index in [1.54, 1.807) is 6.07 Å². The van der Waals surface area contributed by atoms with Crippen LogP contribution in [0.25, 0.3) is 15.7 Å². The summed E-state index contributed by atoms with van der Waals surface area (Å²) in [6.45, 7) is 0. The number of amides is 1. The summed E-state index contributed by atoms with van der Waals surface area (Å²) in [4.78, 5) is 16.8. The number of carbonyl (C=O) groups excluding carboxylic acids is 1. The van der Waals surface area contributed by atoms with Crippen molar-refractivity contribution < 1.29 is 9.90 Å². The number of nitrogens with zero attached hydrogens (tertiary/aromatic N) is 1. The molecule has 0 bridgehead atoms. The summed E-state index contributed by atoms with van der Waals surface area (Å²) in [5.74, 6) is -0.149. The van der Waals surface area contributed by atoms with Gasteiger partial charge in [-0.3, -0.25) is 4.79 Å². The largest absolute Gasteiger partial charge is 0.506 e. The van der Waals surface area contributed by atoms with E-state index in [4.69, 9.17) is 0 Å². The molecule has 1 aromatic heterocycles. The molecule has 1 N–H and O–H groups in total. The molecule has 3 nitrogen and oxygen atoms in total. The average molecular weight is 358 g/mol. The summed E-state index contributed by atoms with van der Waals surface area (Å²) in [6.07, 6.45) is 0. The van der Waals surface area contributed by atoms with E-state index in [1.807, 2.05) is 36.4 Å². The summed E-state index contributed by atoms with van der Waals surface area (Å²) in [6, 6.07) is 13.1. The molecule has 0 unspecified atom stereocenters. The normalized spacial score (nSPS) is 13.6. The van der Waals surface area contributed by atoms with Crippen LogP contribution in [0.15, 0.2) is 51.9 Å². The molecule has 1 aliphatic rings. The number of halogens is 1. The molecule has 0 radical (unpaired) electrons. The number of carbonyl (C=O) groups is 1. The van der Waals surface area contributed by atoms with E-state index in [2.05, 4.69) is 20.9 Å². The van der Waals surface area contributed by atoms with Crippen molar-refractivity contribution in [2.45, 2.75) is 0 Å². The molecular weight excluding hydrogens is 350 g/mol. The molecule has 0 aliphatic carbocycles. The fourth-order valence-corrected chi connectivity index (χ4v) is 4.00. The molecule has 4 rings (SSSR count). The van der Waals surface area contributed by atoms with Gasteiger partial charge in [0.1, 0.15) is 5.75 Å². The minimum Gasteiger partial charge on any atom is -0.506 e. The van der Waals surface area contributed by atoms with Crippen LogP contribution in [-0.2, 0) is 4.79 Å². The van der Waals surface area contributed by atoms with Gasteiger partial charge in [0.15, 0.2) is 0 Å². The van der Waals surface area contributed by atoms with Gasteiger partial charge in [0, 0.05) is 19.8 Å². The van der Waals surface area contributed by atoms with Crippen molar-refractivity contribution in [3.63, 3.8) is 0 Å². The minimum atomic E-state index is -0.294. The molecule has 0 saturated heterocycles. The Bertz CT molecular complexity index is 1040. The Morgan fingerprint density at radius 2 is 1.95 bits per heavy atom. The first-order chi connectivity index (χ1) is 10.1. The Kier molecular flexibility index (Phi) is 2.74. The van der Waals surface area contributed by atoms with Crippen LogP contribution < -0.4 is 10.6 Å². The lowest BCUT2D eigenvalue weighted by Crippen LogP contribution is -2.22. The number of thiophene rings is 1. The van der Waals surface area contributed by atoms with Gasteiger partial charge in [-0.1, -0.05) is 34.1 Å². The fourth-order valence-electron chi connectivity index (χ4n) is 2.51. The van der Waals surface area contributed by atoms with Crippen molar-refractivity contribution in [1.82, 2.24) is 0 Å². The molecule has 0 atom stereocenters. The minimum absolute atomic E-state index is 0.145. The molecular formula is C16H8BrNO2S. The van der Waals surface area contributed by atoms with Crippen LogP contribution in [0.5, 0.6) is 5.75 Å². The number of benzene rings is 2. The standard InChI is InChI=1S/C16H8BrNO2S/c17-8-5-6-12-10(7-8)14(19)15(21-12)13-9-3-1-2-4-11(9)18-16(13)20/h1-7,19H. The van der Waals surface area contributed by atoms with E-state index in [-0.39, 0.29) is 11.7 Å². The second-order valence-electron chi connectivity index (χ2n) is 4.73. The van der Waals surface area contributed by atoms with Crippen LogP contribution in [-0.4, -0.2) is 11.0 Å². The highest BCUT2D eigenvalue weighted by Crippen LogP contribution is 2.41. The first kappa shape index (κ1) is 12.7. The third-order valence-electron chi connectivity index (χ3n) is 3.46. The third-order valence-corrected chi connectivity index (χ3v) is 5.13. The van der Waals surface area contributed by atoms with Crippen LogP contribution in [0.1, 0.15) is 4.88 Å². The molecule has 3 aromatic rings. The van der Waals surface area contributed by atoms with Gasteiger partial charge in [-0.15, -0.1) is 11.3 Å². The van der Waals surface area contributed by atoms with Gasteiger partial charge < -0.3 is 5.11 Å². The number of para-hydroxylation sites is 1. The van der Waals surface area contributed by atoms with E-state index >= 15 is 0 Å². The molecule has 2 heterocycles. The SMILES string of the molecule is O=C1N=c2ccccc2=C1c1sc2ccc(Br)cc2c1O. The third kappa shape index (κ3) is 1.85. The quantitative estimate of drug-likeness (QED) is 0.727. The average Bonchev–Trinajstić information content (AvgIpc) is 2.96. The summed E-state index contributed by atoms with van der Waals surface area (Å²) in [5.41, 5.74) is 0.487. The van der Waals surface area contributed by atoms with Crippen LogP contribution in [0.3, 0.4) is 0 Å². The number of rotatable bonds is 1. The molecule has 1 amide bonds. The summed E-state index contributed by atoms with van der Waals surface area (Å²) >= 11 is 4.81. The van der Waals surface area contributed by atoms with Crippen molar-refractivity contribution >= 4 is 48.8 Å². The summed E-state index contributed by atoms with van der Waals surface area (Å²) in [5, 5.41) is 12.7. The molecule has 5 heteroatoms. The van der Waals surface area contributed by atoms with Gasteiger partial charge in [-0.25, -0.2) is 4.99 Å². The molecule has 0 saturated carbocycles. The van der Waals surface area contributed by atoms with E-state index in [0.717, 1.165) is 19.8 Å². The second-order valence-corrected chi connectivity index (χ2v) is 6.70. The lowest BCUT2D eigenvalue weighted by molar-refractivity contribution is -0.112. The van der Waals surface area contributed by atoms with Crippen LogP contribution in [0.2, 0.25) is 0 Å².